The number of fused-ring (bicyclic) bond motifs is 1. The number of nitriles is 1. The van der Waals surface area contributed by atoms with Crippen molar-refractivity contribution in [3.05, 3.63) is 30.1 Å². The minimum Gasteiger partial charge on any atom is -0.368 e. The Morgan fingerprint density at radius 3 is 3.08 bits per heavy atom. The van der Waals surface area contributed by atoms with Gasteiger partial charge in [-0.05, 0) is 18.1 Å². The van der Waals surface area contributed by atoms with E-state index in [2.05, 4.69) is 38.3 Å². The van der Waals surface area contributed by atoms with Gasteiger partial charge in [-0.3, -0.25) is 0 Å². The van der Waals surface area contributed by atoms with E-state index in [0.717, 1.165) is 18.9 Å². The van der Waals surface area contributed by atoms with Gasteiger partial charge in [0.05, 0.1) is 11.8 Å². The molecule has 0 radical (unpaired) electrons. The van der Waals surface area contributed by atoms with Crippen LogP contribution in [0.4, 0.5) is 22.1 Å². The summed E-state index contributed by atoms with van der Waals surface area (Å²) in [7, 11) is 0. The van der Waals surface area contributed by atoms with Crippen LogP contribution in [0, 0.1) is 17.2 Å². The summed E-state index contributed by atoms with van der Waals surface area (Å²) in [5, 5.41) is 24.9. The summed E-state index contributed by atoms with van der Waals surface area (Å²) in [6.45, 7) is 4.81. The Labute approximate surface area is 145 Å². The highest BCUT2D eigenvalue weighted by Gasteiger charge is 2.19. The molecule has 0 aliphatic carbocycles. The lowest BCUT2D eigenvalue weighted by Gasteiger charge is -2.22. The summed E-state index contributed by atoms with van der Waals surface area (Å²) in [6, 6.07) is 5.14. The van der Waals surface area contributed by atoms with Gasteiger partial charge in [0.2, 0.25) is 0 Å². The molecule has 0 bridgehead atoms. The SMILES string of the molecule is CC1CNc2c(NC(=O)NCCNc3ccc(C#N)cn3)cnn2C1. The molecule has 4 N–H and O–H groups in total. The van der Waals surface area contributed by atoms with Gasteiger partial charge in [0, 0.05) is 32.4 Å². The molecule has 2 amide bonds. The number of aromatic nitrogens is 3. The first kappa shape index (κ1) is 16.6. The summed E-state index contributed by atoms with van der Waals surface area (Å²) in [5.74, 6) is 2.01. The second-order valence-electron chi connectivity index (χ2n) is 5.93. The van der Waals surface area contributed by atoms with Gasteiger partial charge in [-0.2, -0.15) is 10.4 Å². The predicted octanol–water partition coefficient (Wildman–Crippen LogP) is 1.44. The maximum Gasteiger partial charge on any atom is 0.319 e. The van der Waals surface area contributed by atoms with Crippen molar-refractivity contribution in [3.63, 3.8) is 0 Å². The zero-order valence-electron chi connectivity index (χ0n) is 13.9. The van der Waals surface area contributed by atoms with E-state index in [-0.39, 0.29) is 6.03 Å². The van der Waals surface area contributed by atoms with E-state index >= 15 is 0 Å². The summed E-state index contributed by atoms with van der Waals surface area (Å²) >= 11 is 0. The third-order valence-electron chi connectivity index (χ3n) is 3.80. The quantitative estimate of drug-likeness (QED) is 0.612. The fourth-order valence-corrected chi connectivity index (χ4v) is 2.53. The second kappa shape index (κ2) is 7.53. The number of rotatable bonds is 5. The molecule has 1 aliphatic rings. The molecule has 0 aromatic carbocycles. The number of carbonyl (C=O) groups excluding carboxylic acids is 1. The first-order valence-corrected chi connectivity index (χ1v) is 8.10. The van der Waals surface area contributed by atoms with Crippen molar-refractivity contribution in [2.45, 2.75) is 13.5 Å². The Morgan fingerprint density at radius 2 is 2.32 bits per heavy atom. The molecule has 9 nitrogen and oxygen atoms in total. The molecule has 1 aliphatic heterocycles. The Bertz CT molecular complexity index is 776. The first-order valence-electron chi connectivity index (χ1n) is 8.10. The smallest absolute Gasteiger partial charge is 0.319 e. The van der Waals surface area contributed by atoms with Gasteiger partial charge in [0.25, 0.3) is 0 Å². The van der Waals surface area contributed by atoms with Crippen LogP contribution in [-0.4, -0.2) is 40.4 Å². The molecule has 1 unspecified atom stereocenters. The van der Waals surface area contributed by atoms with E-state index in [0.29, 0.717) is 36.1 Å². The molecule has 0 fully saturated rings. The van der Waals surface area contributed by atoms with E-state index in [1.807, 2.05) is 10.8 Å². The molecule has 2 aromatic heterocycles. The molecule has 3 rings (SSSR count). The number of urea groups is 1. The van der Waals surface area contributed by atoms with E-state index < -0.39 is 0 Å². The zero-order chi connectivity index (χ0) is 17.6. The number of amides is 2. The van der Waals surface area contributed by atoms with Gasteiger partial charge in [-0.15, -0.1) is 0 Å². The van der Waals surface area contributed by atoms with Crippen molar-refractivity contribution >= 4 is 23.4 Å². The summed E-state index contributed by atoms with van der Waals surface area (Å²) in [4.78, 5) is 16.1. The van der Waals surface area contributed by atoms with Crippen molar-refractivity contribution in [3.8, 4) is 6.07 Å². The molecule has 130 valence electrons. The van der Waals surface area contributed by atoms with Gasteiger partial charge in [0.1, 0.15) is 23.4 Å². The number of anilines is 3. The van der Waals surface area contributed by atoms with Gasteiger partial charge in [-0.25, -0.2) is 14.5 Å². The predicted molar refractivity (Wildman–Crippen MR) is 94.3 cm³/mol. The number of nitrogens with zero attached hydrogens (tertiary/aromatic N) is 4. The molecular formula is C16H20N8O. The van der Waals surface area contributed by atoms with Crippen molar-refractivity contribution in [1.29, 1.82) is 5.26 Å². The van der Waals surface area contributed by atoms with Crippen LogP contribution in [0.3, 0.4) is 0 Å². The maximum atomic E-state index is 12.0. The molecule has 2 aromatic rings. The Kier molecular flexibility index (Phi) is 4.99. The summed E-state index contributed by atoms with van der Waals surface area (Å²) in [5.41, 5.74) is 1.18. The topological polar surface area (TPSA) is 120 Å². The van der Waals surface area contributed by atoms with Crippen LogP contribution in [-0.2, 0) is 6.54 Å². The molecule has 0 saturated carbocycles. The van der Waals surface area contributed by atoms with Crippen LogP contribution in [0.1, 0.15) is 12.5 Å². The fourth-order valence-electron chi connectivity index (χ4n) is 2.53. The molecular weight excluding hydrogens is 320 g/mol. The minimum atomic E-state index is -0.286. The average Bonchev–Trinajstić information content (AvgIpc) is 3.01. The summed E-state index contributed by atoms with van der Waals surface area (Å²) < 4.78 is 1.86. The van der Waals surface area contributed by atoms with Crippen molar-refractivity contribution in [2.24, 2.45) is 5.92 Å². The van der Waals surface area contributed by atoms with Gasteiger partial charge in [-0.1, -0.05) is 6.92 Å². The lowest BCUT2D eigenvalue weighted by atomic mass is 10.1. The van der Waals surface area contributed by atoms with Crippen molar-refractivity contribution in [2.75, 3.05) is 35.6 Å². The molecule has 0 saturated heterocycles. The first-order chi connectivity index (χ1) is 12.2. The van der Waals surface area contributed by atoms with Crippen LogP contribution in [0.15, 0.2) is 24.5 Å². The maximum absolute atomic E-state index is 12.0. The van der Waals surface area contributed by atoms with Gasteiger partial charge < -0.3 is 21.3 Å². The monoisotopic (exact) mass is 340 g/mol. The van der Waals surface area contributed by atoms with Crippen LogP contribution in [0.2, 0.25) is 0 Å². The van der Waals surface area contributed by atoms with Crippen molar-refractivity contribution in [1.82, 2.24) is 20.1 Å². The minimum absolute atomic E-state index is 0.286. The molecule has 9 heteroatoms. The summed E-state index contributed by atoms with van der Waals surface area (Å²) in [6.07, 6.45) is 3.15. The van der Waals surface area contributed by atoms with Crippen LogP contribution >= 0.6 is 0 Å². The lowest BCUT2D eigenvalue weighted by Crippen LogP contribution is -2.33. The Morgan fingerprint density at radius 1 is 1.44 bits per heavy atom. The normalized spacial score (nSPS) is 15.4. The average molecular weight is 340 g/mol. The van der Waals surface area contributed by atoms with Crippen LogP contribution in [0.5, 0.6) is 0 Å². The van der Waals surface area contributed by atoms with Crippen LogP contribution in [0.25, 0.3) is 0 Å². The highest BCUT2D eigenvalue weighted by Crippen LogP contribution is 2.25. The second-order valence-corrected chi connectivity index (χ2v) is 5.93. The lowest BCUT2D eigenvalue weighted by molar-refractivity contribution is 0.252. The van der Waals surface area contributed by atoms with E-state index in [1.54, 1.807) is 18.3 Å². The highest BCUT2D eigenvalue weighted by molar-refractivity contribution is 5.92. The zero-order valence-corrected chi connectivity index (χ0v) is 13.9. The van der Waals surface area contributed by atoms with E-state index in [1.165, 1.54) is 6.20 Å². The molecule has 25 heavy (non-hydrogen) atoms. The molecule has 3 heterocycles. The number of hydrogen-bond acceptors (Lipinski definition) is 6. The highest BCUT2D eigenvalue weighted by atomic mass is 16.2. The Hall–Kier alpha value is -3.28. The number of pyridine rings is 1. The van der Waals surface area contributed by atoms with Gasteiger partial charge in [0.15, 0.2) is 0 Å². The third-order valence-corrected chi connectivity index (χ3v) is 3.80. The largest absolute Gasteiger partial charge is 0.368 e. The number of nitrogens with one attached hydrogen (secondary N) is 4. The Balaban J connectivity index is 1.42. The third kappa shape index (κ3) is 4.17. The van der Waals surface area contributed by atoms with Crippen LogP contribution < -0.4 is 21.3 Å². The van der Waals surface area contributed by atoms with Crippen molar-refractivity contribution < 1.29 is 4.79 Å². The van der Waals surface area contributed by atoms with Gasteiger partial charge >= 0.3 is 6.03 Å². The number of carbonyl (C=O) groups is 1. The van der Waals surface area contributed by atoms with E-state index in [9.17, 15) is 4.79 Å². The number of hydrogen-bond donors (Lipinski definition) is 4. The fraction of sp³-hybridized carbons (Fsp3) is 0.375. The molecule has 0 spiro atoms. The van der Waals surface area contributed by atoms with E-state index in [4.69, 9.17) is 5.26 Å². The molecule has 1 atom stereocenters. The standard InChI is InChI=1S/C16H20N8O/c1-11-7-21-15-13(9-22-24(15)10-11)23-16(25)19-5-4-18-14-3-2-12(6-17)8-20-14/h2-3,8-9,11,21H,4-5,7,10H2,1H3,(H,18,20)(H2,19,23,25).